The van der Waals surface area contributed by atoms with Gasteiger partial charge >= 0.3 is 6.09 Å². The zero-order chi connectivity index (χ0) is 6.69. The molecule has 4 nitrogen and oxygen atoms in total. The zero-order valence-corrected chi connectivity index (χ0v) is 5.21. The van der Waals surface area contributed by atoms with Gasteiger partial charge in [-0.1, -0.05) is 0 Å². The van der Waals surface area contributed by atoms with Crippen molar-refractivity contribution in [3.8, 4) is 0 Å². The Hall–Kier alpha value is -0.770. The lowest BCUT2D eigenvalue weighted by Crippen LogP contribution is -2.89. The predicted molar refractivity (Wildman–Crippen MR) is 31.3 cm³/mol. The summed E-state index contributed by atoms with van der Waals surface area (Å²) in [4.78, 5) is 11.7. The van der Waals surface area contributed by atoms with Crippen molar-refractivity contribution in [1.82, 2.24) is 4.90 Å². The van der Waals surface area contributed by atoms with Gasteiger partial charge in [-0.25, -0.2) is 4.79 Å². The van der Waals surface area contributed by atoms with Crippen LogP contribution in [-0.4, -0.2) is 42.3 Å². The van der Waals surface area contributed by atoms with Crippen LogP contribution in [0.1, 0.15) is 0 Å². The Balaban J connectivity index is 2.31. The molecule has 0 saturated carbocycles. The minimum atomic E-state index is -0.789. The first-order valence-electron chi connectivity index (χ1n) is 3.10. The molecule has 0 aromatic rings. The van der Waals surface area contributed by atoms with Gasteiger partial charge in [-0.3, -0.25) is 4.90 Å². The second-order valence-corrected chi connectivity index (χ2v) is 2.14. The largest absolute Gasteiger partial charge is 0.465 e. The molecule has 4 heteroatoms. The Labute approximate surface area is 53.5 Å². The van der Waals surface area contributed by atoms with E-state index in [1.807, 2.05) is 0 Å². The van der Waals surface area contributed by atoms with Gasteiger partial charge in [-0.2, -0.15) is 0 Å². The highest BCUT2D eigenvalue weighted by Crippen LogP contribution is 1.86. The van der Waals surface area contributed by atoms with E-state index in [0.29, 0.717) is 13.1 Å². The first kappa shape index (κ1) is 6.35. The number of quaternary nitrogens is 1. The van der Waals surface area contributed by atoms with Gasteiger partial charge in [0.25, 0.3) is 0 Å². The standard InChI is InChI=1S/C5H10N2O2/c8-5(9)7-3-1-6-2-4-7/h6H,1-4H2,(H,8,9)/p+1. The molecule has 3 N–H and O–H groups in total. The molecule has 1 fully saturated rings. The molecule has 0 aliphatic carbocycles. The Morgan fingerprint density at radius 2 is 2.00 bits per heavy atom. The van der Waals surface area contributed by atoms with Crippen LogP contribution in [0.15, 0.2) is 0 Å². The average molecular weight is 131 g/mol. The fourth-order valence-electron chi connectivity index (χ4n) is 0.942. The molecule has 1 rings (SSSR count). The van der Waals surface area contributed by atoms with E-state index in [9.17, 15) is 4.79 Å². The van der Waals surface area contributed by atoms with Crippen LogP contribution in [0.4, 0.5) is 4.79 Å². The van der Waals surface area contributed by atoms with Gasteiger partial charge in [0.05, 0.1) is 26.2 Å². The molecule has 1 aliphatic rings. The van der Waals surface area contributed by atoms with Crippen molar-refractivity contribution in [2.24, 2.45) is 0 Å². The van der Waals surface area contributed by atoms with Crippen LogP contribution in [-0.2, 0) is 0 Å². The number of hydrogen-bond donors (Lipinski definition) is 2. The fraction of sp³-hybridized carbons (Fsp3) is 0.800. The van der Waals surface area contributed by atoms with Crippen molar-refractivity contribution >= 4 is 6.09 Å². The summed E-state index contributed by atoms with van der Waals surface area (Å²) in [6, 6.07) is 0. The average Bonchev–Trinajstić information content (AvgIpc) is 1.90. The van der Waals surface area contributed by atoms with Crippen LogP contribution in [0.25, 0.3) is 0 Å². The maximum atomic E-state index is 10.3. The van der Waals surface area contributed by atoms with Gasteiger partial charge in [0.2, 0.25) is 0 Å². The fourth-order valence-corrected chi connectivity index (χ4v) is 0.942. The SMILES string of the molecule is O=C(O)N1CC[NH2+]CC1. The molecule has 1 saturated heterocycles. The lowest BCUT2D eigenvalue weighted by molar-refractivity contribution is -0.662. The summed E-state index contributed by atoms with van der Waals surface area (Å²) >= 11 is 0. The normalized spacial score (nSPS) is 19.8. The summed E-state index contributed by atoms with van der Waals surface area (Å²) in [5, 5.41) is 10.6. The molecule has 0 aromatic carbocycles. The van der Waals surface area contributed by atoms with E-state index >= 15 is 0 Å². The molecule has 0 bridgehead atoms. The lowest BCUT2D eigenvalue weighted by Gasteiger charge is -2.21. The van der Waals surface area contributed by atoms with Crippen molar-refractivity contribution in [1.29, 1.82) is 0 Å². The van der Waals surface area contributed by atoms with Gasteiger partial charge in [-0.05, 0) is 0 Å². The van der Waals surface area contributed by atoms with Gasteiger partial charge in [0, 0.05) is 0 Å². The highest BCUT2D eigenvalue weighted by Gasteiger charge is 2.15. The molecule has 1 heterocycles. The van der Waals surface area contributed by atoms with Crippen LogP contribution in [0.3, 0.4) is 0 Å². The van der Waals surface area contributed by atoms with E-state index in [1.165, 1.54) is 4.90 Å². The Kier molecular flexibility index (Phi) is 1.89. The molecular weight excluding hydrogens is 120 g/mol. The third-order valence-electron chi connectivity index (χ3n) is 1.48. The molecule has 9 heavy (non-hydrogen) atoms. The van der Waals surface area contributed by atoms with Crippen molar-refractivity contribution in [3.05, 3.63) is 0 Å². The van der Waals surface area contributed by atoms with Crippen molar-refractivity contribution in [2.75, 3.05) is 26.2 Å². The quantitative estimate of drug-likeness (QED) is 0.422. The first-order chi connectivity index (χ1) is 4.30. The van der Waals surface area contributed by atoms with Gasteiger partial charge in [0.1, 0.15) is 0 Å². The van der Waals surface area contributed by atoms with E-state index in [4.69, 9.17) is 5.11 Å². The second-order valence-electron chi connectivity index (χ2n) is 2.14. The summed E-state index contributed by atoms with van der Waals surface area (Å²) in [5.41, 5.74) is 0. The number of rotatable bonds is 0. The third-order valence-corrected chi connectivity index (χ3v) is 1.48. The van der Waals surface area contributed by atoms with E-state index in [1.54, 1.807) is 0 Å². The maximum absolute atomic E-state index is 10.3. The van der Waals surface area contributed by atoms with Crippen LogP contribution in [0.2, 0.25) is 0 Å². The minimum absolute atomic E-state index is 0.676. The van der Waals surface area contributed by atoms with Crippen LogP contribution >= 0.6 is 0 Å². The van der Waals surface area contributed by atoms with E-state index in [2.05, 4.69) is 5.32 Å². The molecule has 0 radical (unpaired) electrons. The first-order valence-corrected chi connectivity index (χ1v) is 3.10. The number of amides is 1. The summed E-state index contributed by atoms with van der Waals surface area (Å²) < 4.78 is 0. The smallest absolute Gasteiger partial charge is 0.407 e. The Morgan fingerprint density at radius 3 is 2.33 bits per heavy atom. The molecule has 1 amide bonds. The summed E-state index contributed by atoms with van der Waals surface area (Å²) in [7, 11) is 0. The van der Waals surface area contributed by atoms with Crippen molar-refractivity contribution in [3.63, 3.8) is 0 Å². The number of hydrogen-bond acceptors (Lipinski definition) is 1. The van der Waals surface area contributed by atoms with Crippen molar-refractivity contribution < 1.29 is 15.2 Å². The maximum Gasteiger partial charge on any atom is 0.407 e. The number of carboxylic acid groups (broad SMARTS) is 1. The predicted octanol–water partition coefficient (Wildman–Crippen LogP) is -1.46. The van der Waals surface area contributed by atoms with Crippen LogP contribution in [0.5, 0.6) is 0 Å². The zero-order valence-electron chi connectivity index (χ0n) is 5.21. The van der Waals surface area contributed by atoms with Gasteiger partial charge in [0.15, 0.2) is 0 Å². The molecule has 52 valence electrons. The molecule has 0 unspecified atom stereocenters. The van der Waals surface area contributed by atoms with Crippen LogP contribution in [0, 0.1) is 0 Å². The lowest BCUT2D eigenvalue weighted by atomic mass is 10.4. The molecular formula is C5H11N2O2+. The Bertz CT molecular complexity index is 110. The van der Waals surface area contributed by atoms with E-state index < -0.39 is 6.09 Å². The third kappa shape index (κ3) is 1.57. The molecule has 0 atom stereocenters. The topological polar surface area (TPSA) is 57.1 Å². The number of carbonyl (C=O) groups is 1. The molecule has 0 aromatic heterocycles. The molecule has 0 spiro atoms. The number of nitrogens with zero attached hydrogens (tertiary/aromatic N) is 1. The van der Waals surface area contributed by atoms with Gasteiger partial charge in [-0.15, -0.1) is 0 Å². The Morgan fingerprint density at radius 1 is 1.44 bits per heavy atom. The monoisotopic (exact) mass is 131 g/mol. The summed E-state index contributed by atoms with van der Waals surface area (Å²) in [6.07, 6.45) is -0.789. The number of piperazine rings is 1. The van der Waals surface area contributed by atoms with Crippen LogP contribution < -0.4 is 5.32 Å². The van der Waals surface area contributed by atoms with E-state index in [0.717, 1.165) is 13.1 Å². The van der Waals surface area contributed by atoms with Gasteiger partial charge < -0.3 is 10.4 Å². The highest BCUT2D eigenvalue weighted by atomic mass is 16.4. The summed E-state index contributed by atoms with van der Waals surface area (Å²) in [5.74, 6) is 0. The van der Waals surface area contributed by atoms with E-state index in [-0.39, 0.29) is 0 Å². The second kappa shape index (κ2) is 2.68. The van der Waals surface area contributed by atoms with Crippen molar-refractivity contribution in [2.45, 2.75) is 0 Å². The highest BCUT2D eigenvalue weighted by molar-refractivity contribution is 5.64. The number of nitrogens with two attached hydrogens (primary N) is 1. The minimum Gasteiger partial charge on any atom is -0.465 e. The molecule has 1 aliphatic heterocycles. The summed E-state index contributed by atoms with van der Waals surface area (Å²) in [6.45, 7) is 3.17.